The van der Waals surface area contributed by atoms with Crippen LogP contribution in [-0.4, -0.2) is 22.8 Å². The standard InChI is InChI=1S/C19H15F3N2O2/c20-19(21,22)13-6-7-15-16(8-12-10-26-11-12)23-18(25)24(17(15)9-13)14-4-2-1-3-5-14/h1-7,9,12H,8,10-11H2. The molecule has 7 heteroatoms. The van der Waals surface area contributed by atoms with Crippen LogP contribution in [0.25, 0.3) is 16.6 Å². The first-order valence-electron chi connectivity index (χ1n) is 8.19. The number of nitrogens with zero attached hydrogens (tertiary/aromatic N) is 2. The van der Waals surface area contributed by atoms with Crippen LogP contribution in [0.4, 0.5) is 13.2 Å². The van der Waals surface area contributed by atoms with Crippen LogP contribution in [0.15, 0.2) is 53.3 Å². The summed E-state index contributed by atoms with van der Waals surface area (Å²) < 4.78 is 46.0. The molecule has 1 saturated heterocycles. The molecule has 1 aromatic heterocycles. The number of fused-ring (bicyclic) bond motifs is 1. The summed E-state index contributed by atoms with van der Waals surface area (Å²) in [6.45, 7) is 1.15. The molecule has 0 N–H and O–H groups in total. The Morgan fingerprint density at radius 2 is 1.85 bits per heavy atom. The third-order valence-corrected chi connectivity index (χ3v) is 4.50. The largest absolute Gasteiger partial charge is 0.416 e. The summed E-state index contributed by atoms with van der Waals surface area (Å²) >= 11 is 0. The summed E-state index contributed by atoms with van der Waals surface area (Å²) in [5.74, 6) is 0.236. The van der Waals surface area contributed by atoms with Crippen molar-refractivity contribution in [1.29, 1.82) is 0 Å². The van der Waals surface area contributed by atoms with E-state index >= 15 is 0 Å². The minimum Gasteiger partial charge on any atom is -0.381 e. The summed E-state index contributed by atoms with van der Waals surface area (Å²) in [5, 5.41) is 0.549. The minimum absolute atomic E-state index is 0.210. The average Bonchev–Trinajstić information content (AvgIpc) is 2.57. The molecule has 26 heavy (non-hydrogen) atoms. The van der Waals surface area contributed by atoms with E-state index in [-0.39, 0.29) is 11.4 Å². The third kappa shape index (κ3) is 2.99. The number of halogens is 3. The molecule has 0 saturated carbocycles. The smallest absolute Gasteiger partial charge is 0.381 e. The summed E-state index contributed by atoms with van der Waals surface area (Å²) in [5.41, 5.74) is -0.176. The molecule has 0 aliphatic carbocycles. The Morgan fingerprint density at radius 3 is 2.46 bits per heavy atom. The van der Waals surface area contributed by atoms with E-state index in [4.69, 9.17) is 4.74 Å². The Balaban J connectivity index is 1.98. The molecule has 1 aliphatic rings. The number of para-hydroxylation sites is 1. The molecule has 0 atom stereocenters. The zero-order chi connectivity index (χ0) is 18.3. The maximum absolute atomic E-state index is 13.2. The first-order valence-corrected chi connectivity index (χ1v) is 8.19. The van der Waals surface area contributed by atoms with Crippen LogP contribution >= 0.6 is 0 Å². The first-order chi connectivity index (χ1) is 12.4. The van der Waals surface area contributed by atoms with Crippen LogP contribution in [0.2, 0.25) is 0 Å². The normalized spacial score (nSPS) is 15.2. The van der Waals surface area contributed by atoms with Crippen molar-refractivity contribution < 1.29 is 17.9 Å². The van der Waals surface area contributed by atoms with Gasteiger partial charge in [-0.1, -0.05) is 24.3 Å². The van der Waals surface area contributed by atoms with E-state index < -0.39 is 17.4 Å². The lowest BCUT2D eigenvalue weighted by Crippen LogP contribution is -2.31. The lowest BCUT2D eigenvalue weighted by Gasteiger charge is -2.26. The molecule has 1 aliphatic heterocycles. The van der Waals surface area contributed by atoms with Crippen molar-refractivity contribution in [3.63, 3.8) is 0 Å². The molecule has 0 bridgehead atoms. The van der Waals surface area contributed by atoms with Gasteiger partial charge in [-0.05, 0) is 30.7 Å². The van der Waals surface area contributed by atoms with E-state index in [1.165, 1.54) is 10.6 Å². The Labute approximate surface area is 146 Å². The fourth-order valence-electron chi connectivity index (χ4n) is 3.12. The molecule has 0 radical (unpaired) electrons. The van der Waals surface area contributed by atoms with E-state index in [2.05, 4.69) is 4.98 Å². The highest BCUT2D eigenvalue weighted by Crippen LogP contribution is 2.32. The monoisotopic (exact) mass is 360 g/mol. The second-order valence-electron chi connectivity index (χ2n) is 6.35. The molecule has 3 aromatic rings. The van der Waals surface area contributed by atoms with Crippen LogP contribution in [0.3, 0.4) is 0 Å². The highest BCUT2D eigenvalue weighted by molar-refractivity contribution is 5.83. The molecular formula is C19H15F3N2O2. The maximum atomic E-state index is 13.2. The Morgan fingerprint density at radius 1 is 1.12 bits per heavy atom. The van der Waals surface area contributed by atoms with Crippen molar-refractivity contribution in [3.05, 3.63) is 70.3 Å². The van der Waals surface area contributed by atoms with Gasteiger partial charge in [0.15, 0.2) is 0 Å². The molecule has 2 aromatic carbocycles. The predicted molar refractivity (Wildman–Crippen MR) is 90.4 cm³/mol. The number of hydrogen-bond acceptors (Lipinski definition) is 3. The van der Waals surface area contributed by atoms with Gasteiger partial charge in [0.05, 0.1) is 35.7 Å². The van der Waals surface area contributed by atoms with Gasteiger partial charge >= 0.3 is 11.9 Å². The molecule has 1 fully saturated rings. The fourth-order valence-corrected chi connectivity index (χ4v) is 3.12. The number of ether oxygens (including phenoxy) is 1. The highest BCUT2D eigenvalue weighted by Gasteiger charge is 2.31. The number of hydrogen-bond donors (Lipinski definition) is 0. The van der Waals surface area contributed by atoms with Crippen LogP contribution < -0.4 is 5.69 Å². The number of benzene rings is 2. The van der Waals surface area contributed by atoms with Crippen molar-refractivity contribution in [3.8, 4) is 5.69 Å². The van der Waals surface area contributed by atoms with Gasteiger partial charge in [-0.3, -0.25) is 4.57 Å². The van der Waals surface area contributed by atoms with Crippen molar-refractivity contribution in [2.45, 2.75) is 12.6 Å². The lowest BCUT2D eigenvalue weighted by molar-refractivity contribution is -0.137. The van der Waals surface area contributed by atoms with Gasteiger partial charge < -0.3 is 4.74 Å². The molecule has 0 spiro atoms. The molecule has 2 heterocycles. The molecule has 4 rings (SSSR count). The van der Waals surface area contributed by atoms with E-state index in [1.807, 2.05) is 0 Å². The van der Waals surface area contributed by atoms with Crippen LogP contribution in [-0.2, 0) is 17.3 Å². The lowest BCUT2D eigenvalue weighted by atomic mass is 9.98. The van der Waals surface area contributed by atoms with Gasteiger partial charge in [-0.25, -0.2) is 4.79 Å². The van der Waals surface area contributed by atoms with Gasteiger partial charge in [0.25, 0.3) is 0 Å². The third-order valence-electron chi connectivity index (χ3n) is 4.50. The zero-order valence-electron chi connectivity index (χ0n) is 13.7. The predicted octanol–water partition coefficient (Wildman–Crippen LogP) is 3.59. The van der Waals surface area contributed by atoms with Gasteiger partial charge in [0, 0.05) is 11.3 Å². The van der Waals surface area contributed by atoms with Crippen molar-refractivity contribution >= 4 is 10.9 Å². The van der Waals surface area contributed by atoms with Gasteiger partial charge in [0.1, 0.15) is 0 Å². The van der Waals surface area contributed by atoms with E-state index in [1.54, 1.807) is 30.3 Å². The number of alkyl halides is 3. The molecule has 0 unspecified atom stereocenters. The van der Waals surface area contributed by atoms with Crippen molar-refractivity contribution in [1.82, 2.24) is 9.55 Å². The second kappa shape index (κ2) is 6.25. The Bertz CT molecular complexity index is 1010. The summed E-state index contributed by atoms with van der Waals surface area (Å²) in [7, 11) is 0. The molecule has 4 nitrogen and oxygen atoms in total. The maximum Gasteiger partial charge on any atom is 0.416 e. The fraction of sp³-hybridized carbons (Fsp3) is 0.263. The summed E-state index contributed by atoms with van der Waals surface area (Å²) in [6, 6.07) is 12.0. The van der Waals surface area contributed by atoms with Crippen LogP contribution in [0.5, 0.6) is 0 Å². The Kier molecular flexibility index (Phi) is 4.03. The topological polar surface area (TPSA) is 44.1 Å². The highest BCUT2D eigenvalue weighted by atomic mass is 19.4. The molecule has 134 valence electrons. The first kappa shape index (κ1) is 16.8. The zero-order valence-corrected chi connectivity index (χ0v) is 13.7. The molecular weight excluding hydrogens is 345 g/mol. The van der Waals surface area contributed by atoms with Crippen molar-refractivity contribution in [2.75, 3.05) is 13.2 Å². The van der Waals surface area contributed by atoms with E-state index in [0.29, 0.717) is 36.4 Å². The van der Waals surface area contributed by atoms with Gasteiger partial charge in [0.2, 0.25) is 0 Å². The SMILES string of the molecule is O=c1nc(CC2COC2)c2ccc(C(F)(F)F)cc2n1-c1ccccc1. The van der Waals surface area contributed by atoms with Crippen LogP contribution in [0.1, 0.15) is 11.3 Å². The second-order valence-corrected chi connectivity index (χ2v) is 6.35. The molecule has 0 amide bonds. The van der Waals surface area contributed by atoms with Gasteiger partial charge in [-0.15, -0.1) is 0 Å². The summed E-state index contributed by atoms with van der Waals surface area (Å²) in [6.07, 6.45) is -3.98. The number of aromatic nitrogens is 2. The summed E-state index contributed by atoms with van der Waals surface area (Å²) in [4.78, 5) is 16.8. The average molecular weight is 360 g/mol. The van der Waals surface area contributed by atoms with E-state index in [9.17, 15) is 18.0 Å². The quantitative estimate of drug-likeness (QED) is 0.717. The minimum atomic E-state index is -4.49. The Hall–Kier alpha value is -2.67. The van der Waals surface area contributed by atoms with E-state index in [0.717, 1.165) is 12.1 Å². The van der Waals surface area contributed by atoms with Gasteiger partial charge in [-0.2, -0.15) is 18.2 Å². The number of rotatable bonds is 3. The van der Waals surface area contributed by atoms with Crippen LogP contribution in [0, 0.1) is 5.92 Å². The van der Waals surface area contributed by atoms with Crippen molar-refractivity contribution in [2.24, 2.45) is 5.92 Å².